The molecule has 0 aliphatic heterocycles. The lowest BCUT2D eigenvalue weighted by molar-refractivity contribution is 0.540. The molecule has 0 aliphatic rings. The molecule has 2 nitrogen and oxygen atoms in total. The molecule has 0 radical (unpaired) electrons. The van der Waals surface area contributed by atoms with E-state index in [0.29, 0.717) is 12.0 Å². The highest BCUT2D eigenvalue weighted by atomic mass is 15.0. The molecule has 4 rings (SSSR count). The predicted octanol–water partition coefficient (Wildman–Crippen LogP) is 5.91. The zero-order chi connectivity index (χ0) is 20.6. The maximum Gasteiger partial charge on any atom is 0.0298 e. The maximum absolute atomic E-state index is 3.68. The van der Waals surface area contributed by atoms with Crippen molar-refractivity contribution in [3.8, 4) is 0 Å². The van der Waals surface area contributed by atoms with E-state index in [1.807, 2.05) is 0 Å². The molecule has 0 amide bonds. The van der Waals surface area contributed by atoms with Gasteiger partial charge in [0.25, 0.3) is 0 Å². The van der Waals surface area contributed by atoms with E-state index in [2.05, 4.69) is 121 Å². The Bertz CT molecular complexity index is 999. The molecule has 4 aromatic rings. The average Bonchev–Trinajstić information content (AvgIpc) is 2.82. The van der Waals surface area contributed by atoms with Gasteiger partial charge in [0.1, 0.15) is 0 Å². The van der Waals surface area contributed by atoms with Gasteiger partial charge in [0.15, 0.2) is 0 Å². The summed E-state index contributed by atoms with van der Waals surface area (Å²) in [4.78, 5) is 0. The van der Waals surface area contributed by atoms with E-state index in [4.69, 9.17) is 0 Å². The predicted molar refractivity (Wildman–Crippen MR) is 128 cm³/mol. The molecular weight excluding hydrogens is 364 g/mol. The molecule has 0 spiro atoms. The first-order valence-electron chi connectivity index (χ1n) is 10.8. The van der Waals surface area contributed by atoms with Gasteiger partial charge in [-0.15, -0.1) is 0 Å². The molecule has 2 N–H and O–H groups in total. The van der Waals surface area contributed by atoms with E-state index in [1.54, 1.807) is 0 Å². The van der Waals surface area contributed by atoms with Crippen LogP contribution in [0.2, 0.25) is 0 Å². The van der Waals surface area contributed by atoms with E-state index >= 15 is 0 Å². The van der Waals surface area contributed by atoms with Gasteiger partial charge in [0, 0.05) is 31.6 Å². The van der Waals surface area contributed by atoms with Gasteiger partial charge in [0.05, 0.1) is 0 Å². The molecule has 0 aliphatic carbocycles. The third kappa shape index (κ3) is 4.96. The lowest BCUT2D eigenvalue weighted by atomic mass is 9.91. The number of fused-ring (bicyclic) bond motifs is 1. The lowest BCUT2D eigenvalue weighted by Gasteiger charge is -2.20. The van der Waals surface area contributed by atoms with Crippen LogP contribution < -0.4 is 10.6 Å². The highest BCUT2D eigenvalue weighted by molar-refractivity contribution is 5.86. The van der Waals surface area contributed by atoms with Gasteiger partial charge in [-0.1, -0.05) is 103 Å². The van der Waals surface area contributed by atoms with Crippen molar-refractivity contribution in [2.45, 2.75) is 18.9 Å². The first kappa shape index (κ1) is 20.3. The second-order valence-electron chi connectivity index (χ2n) is 7.82. The smallest absolute Gasteiger partial charge is 0.0298 e. The minimum absolute atomic E-state index is 0.317. The van der Waals surface area contributed by atoms with Gasteiger partial charge in [-0.25, -0.2) is 0 Å². The van der Waals surface area contributed by atoms with Gasteiger partial charge in [-0.05, 0) is 34.4 Å². The standard InChI is InChI=1S/C28H30N2/c1-22(26-18-10-16-23-15-8-9-17-27(23)26)30-20-19-29-21-28(24-11-4-2-5-12-24)25-13-6-3-7-14-25/h2-18,22,28-30H,19-21H2,1H3/t22-/m0/s1. The van der Waals surface area contributed by atoms with Crippen molar-refractivity contribution < 1.29 is 0 Å². The molecule has 0 saturated heterocycles. The Balaban J connectivity index is 1.33. The van der Waals surface area contributed by atoms with Gasteiger partial charge >= 0.3 is 0 Å². The summed E-state index contributed by atoms with van der Waals surface area (Å²) in [7, 11) is 0. The van der Waals surface area contributed by atoms with E-state index in [0.717, 1.165) is 19.6 Å². The Kier molecular flexibility index (Phi) is 6.91. The Morgan fingerprint density at radius 2 is 1.23 bits per heavy atom. The van der Waals surface area contributed by atoms with Crippen LogP contribution in [0.4, 0.5) is 0 Å². The van der Waals surface area contributed by atoms with Gasteiger partial charge in [0.2, 0.25) is 0 Å². The highest BCUT2D eigenvalue weighted by Gasteiger charge is 2.13. The summed E-state index contributed by atoms with van der Waals surface area (Å²) in [5.41, 5.74) is 4.07. The normalized spacial score (nSPS) is 12.3. The van der Waals surface area contributed by atoms with E-state index in [9.17, 15) is 0 Å². The molecule has 0 unspecified atom stereocenters. The van der Waals surface area contributed by atoms with E-state index in [-0.39, 0.29) is 0 Å². The zero-order valence-corrected chi connectivity index (χ0v) is 17.6. The average molecular weight is 395 g/mol. The largest absolute Gasteiger partial charge is 0.315 e. The summed E-state index contributed by atoms with van der Waals surface area (Å²) in [5.74, 6) is 0.364. The summed E-state index contributed by atoms with van der Waals surface area (Å²) in [6.45, 7) is 5.04. The molecule has 2 heteroatoms. The van der Waals surface area contributed by atoms with Gasteiger partial charge in [-0.3, -0.25) is 0 Å². The second kappa shape index (κ2) is 10.2. The molecule has 0 saturated carbocycles. The summed E-state index contributed by atoms with van der Waals surface area (Å²) >= 11 is 0. The summed E-state index contributed by atoms with van der Waals surface area (Å²) < 4.78 is 0. The van der Waals surface area contributed by atoms with Crippen LogP contribution in [-0.4, -0.2) is 19.6 Å². The van der Waals surface area contributed by atoms with Crippen LogP contribution >= 0.6 is 0 Å². The molecular formula is C28H30N2. The highest BCUT2D eigenvalue weighted by Crippen LogP contribution is 2.25. The first-order valence-corrected chi connectivity index (χ1v) is 10.8. The van der Waals surface area contributed by atoms with Gasteiger partial charge < -0.3 is 10.6 Å². The SMILES string of the molecule is C[C@H](NCCNCC(c1ccccc1)c1ccccc1)c1cccc2ccccc12. The van der Waals surface area contributed by atoms with Crippen LogP contribution in [-0.2, 0) is 0 Å². The van der Waals surface area contributed by atoms with Crippen LogP contribution in [0.5, 0.6) is 0 Å². The Labute approximate surface area is 180 Å². The van der Waals surface area contributed by atoms with Crippen LogP contribution in [0.3, 0.4) is 0 Å². The molecule has 1 atom stereocenters. The number of hydrogen-bond acceptors (Lipinski definition) is 2. The molecule has 30 heavy (non-hydrogen) atoms. The molecule has 4 aromatic carbocycles. The summed E-state index contributed by atoms with van der Waals surface area (Å²) in [6, 6.07) is 37.0. The monoisotopic (exact) mass is 394 g/mol. The van der Waals surface area contributed by atoms with Crippen molar-refractivity contribution in [1.82, 2.24) is 10.6 Å². The van der Waals surface area contributed by atoms with Crippen molar-refractivity contribution in [2.75, 3.05) is 19.6 Å². The maximum atomic E-state index is 3.68. The summed E-state index contributed by atoms with van der Waals surface area (Å²) in [6.07, 6.45) is 0. The van der Waals surface area contributed by atoms with Crippen molar-refractivity contribution in [2.24, 2.45) is 0 Å². The quantitative estimate of drug-likeness (QED) is 0.345. The number of benzene rings is 4. The van der Waals surface area contributed by atoms with Crippen LogP contribution in [0.15, 0.2) is 103 Å². The Hall–Kier alpha value is -2.94. The van der Waals surface area contributed by atoms with Gasteiger partial charge in [-0.2, -0.15) is 0 Å². The lowest BCUT2D eigenvalue weighted by Crippen LogP contribution is -2.31. The van der Waals surface area contributed by atoms with Crippen molar-refractivity contribution in [1.29, 1.82) is 0 Å². The Morgan fingerprint density at radius 1 is 0.633 bits per heavy atom. The minimum Gasteiger partial charge on any atom is -0.315 e. The van der Waals surface area contributed by atoms with Crippen molar-refractivity contribution in [3.63, 3.8) is 0 Å². The Morgan fingerprint density at radius 3 is 1.93 bits per heavy atom. The third-order valence-corrected chi connectivity index (χ3v) is 5.79. The number of rotatable bonds is 9. The van der Waals surface area contributed by atoms with E-state index in [1.165, 1.54) is 27.5 Å². The second-order valence-corrected chi connectivity index (χ2v) is 7.82. The minimum atomic E-state index is 0.317. The van der Waals surface area contributed by atoms with Crippen molar-refractivity contribution >= 4 is 10.8 Å². The zero-order valence-electron chi connectivity index (χ0n) is 17.6. The summed E-state index contributed by atoms with van der Waals surface area (Å²) in [5, 5.41) is 9.98. The van der Waals surface area contributed by atoms with Crippen LogP contribution in [0.25, 0.3) is 10.8 Å². The molecule has 0 fully saturated rings. The number of hydrogen-bond donors (Lipinski definition) is 2. The molecule has 0 aromatic heterocycles. The molecule has 152 valence electrons. The van der Waals surface area contributed by atoms with Crippen molar-refractivity contribution in [3.05, 3.63) is 120 Å². The fraction of sp³-hybridized carbons (Fsp3) is 0.214. The fourth-order valence-electron chi connectivity index (χ4n) is 4.16. The van der Waals surface area contributed by atoms with Crippen LogP contribution in [0, 0.1) is 0 Å². The molecule has 0 heterocycles. The topological polar surface area (TPSA) is 24.1 Å². The number of nitrogens with one attached hydrogen (secondary N) is 2. The third-order valence-electron chi connectivity index (χ3n) is 5.79. The molecule has 0 bridgehead atoms. The van der Waals surface area contributed by atoms with Crippen LogP contribution in [0.1, 0.15) is 35.6 Å². The fourth-order valence-corrected chi connectivity index (χ4v) is 4.16. The van der Waals surface area contributed by atoms with E-state index < -0.39 is 0 Å². The first-order chi connectivity index (χ1) is 14.8.